The molecule has 6 nitrogen and oxygen atoms in total. The van der Waals surface area contributed by atoms with Crippen LogP contribution >= 0.6 is 11.3 Å². The van der Waals surface area contributed by atoms with Gasteiger partial charge in [-0.15, -0.1) is 0 Å². The fraction of sp³-hybridized carbons (Fsp3) is 0.318. The van der Waals surface area contributed by atoms with E-state index in [0.717, 1.165) is 18.4 Å². The van der Waals surface area contributed by atoms with Crippen molar-refractivity contribution in [2.45, 2.75) is 44.2 Å². The Balaban J connectivity index is 1.30. The Hall–Kier alpha value is -2.93. The van der Waals surface area contributed by atoms with Gasteiger partial charge in [0.15, 0.2) is 5.76 Å². The molecule has 1 atom stereocenters. The summed E-state index contributed by atoms with van der Waals surface area (Å²) in [6.45, 7) is 0.319. The zero-order valence-electron chi connectivity index (χ0n) is 16.0. The van der Waals surface area contributed by atoms with Crippen LogP contribution in [0.2, 0.25) is 0 Å². The molecule has 29 heavy (non-hydrogen) atoms. The number of thiophene rings is 1. The lowest BCUT2D eigenvalue weighted by atomic mass is 9.85. The monoisotopic (exact) mass is 409 g/mol. The zero-order chi connectivity index (χ0) is 20.1. The molecule has 0 radical (unpaired) electrons. The van der Waals surface area contributed by atoms with Gasteiger partial charge in [0.05, 0.1) is 6.54 Å². The highest BCUT2D eigenvalue weighted by Gasteiger charge is 2.37. The lowest BCUT2D eigenvalue weighted by molar-refractivity contribution is -0.122. The molecule has 150 valence electrons. The number of rotatable bonds is 8. The Morgan fingerprint density at radius 2 is 2.14 bits per heavy atom. The van der Waals surface area contributed by atoms with E-state index < -0.39 is 0 Å². The van der Waals surface area contributed by atoms with E-state index in [-0.39, 0.29) is 17.4 Å². The first-order valence-corrected chi connectivity index (χ1v) is 10.7. The second-order valence-corrected chi connectivity index (χ2v) is 8.24. The van der Waals surface area contributed by atoms with E-state index in [2.05, 4.69) is 27.2 Å². The van der Waals surface area contributed by atoms with E-state index in [1.54, 1.807) is 11.3 Å². The maximum atomic E-state index is 12.4. The molecular formula is C22H23N3O3S. The Kier molecular flexibility index (Phi) is 5.76. The van der Waals surface area contributed by atoms with Crippen molar-refractivity contribution in [1.29, 1.82) is 0 Å². The number of hydrogen-bond donors (Lipinski definition) is 2. The molecule has 4 rings (SSSR count). The van der Waals surface area contributed by atoms with E-state index in [9.17, 15) is 9.59 Å². The van der Waals surface area contributed by atoms with Crippen LogP contribution in [0.25, 0.3) is 11.3 Å². The molecule has 1 aliphatic heterocycles. The number of amides is 2. The van der Waals surface area contributed by atoms with Crippen LogP contribution in [0, 0.1) is 0 Å². The number of benzene rings is 1. The zero-order valence-corrected chi connectivity index (χ0v) is 16.8. The molecule has 3 aromatic rings. The standard InChI is InChI=1S/C22H23N3O3S/c26-20(23-14-18-12-19(28-25-18)17-4-2-1-3-5-17)6-9-22(10-7-21(27)24-22)13-16-8-11-29-15-16/h1-5,8,11-12,15H,6-7,9-10,13-14H2,(H,23,26)(H,24,27). The molecule has 1 saturated heterocycles. The largest absolute Gasteiger partial charge is 0.356 e. The predicted octanol–water partition coefficient (Wildman–Crippen LogP) is 3.69. The second kappa shape index (κ2) is 8.61. The van der Waals surface area contributed by atoms with Crippen molar-refractivity contribution >= 4 is 23.2 Å². The molecule has 2 N–H and O–H groups in total. The maximum Gasteiger partial charge on any atom is 0.220 e. The van der Waals surface area contributed by atoms with Crippen LogP contribution in [0.1, 0.15) is 36.9 Å². The lowest BCUT2D eigenvalue weighted by Crippen LogP contribution is -2.44. The van der Waals surface area contributed by atoms with Crippen LogP contribution in [0.3, 0.4) is 0 Å². The van der Waals surface area contributed by atoms with Crippen molar-refractivity contribution < 1.29 is 14.1 Å². The summed E-state index contributed by atoms with van der Waals surface area (Å²) >= 11 is 1.65. The molecule has 2 amide bonds. The molecule has 1 fully saturated rings. The summed E-state index contributed by atoms with van der Waals surface area (Å²) < 4.78 is 5.36. The Bertz CT molecular complexity index is 968. The Morgan fingerprint density at radius 1 is 1.28 bits per heavy atom. The maximum absolute atomic E-state index is 12.4. The Labute approximate surface area is 173 Å². The van der Waals surface area contributed by atoms with Crippen LogP contribution in [0.4, 0.5) is 0 Å². The Morgan fingerprint density at radius 3 is 2.86 bits per heavy atom. The molecule has 3 heterocycles. The lowest BCUT2D eigenvalue weighted by Gasteiger charge is -2.29. The fourth-order valence-electron chi connectivity index (χ4n) is 3.73. The van der Waals surface area contributed by atoms with Crippen molar-refractivity contribution in [3.63, 3.8) is 0 Å². The highest BCUT2D eigenvalue weighted by molar-refractivity contribution is 7.07. The second-order valence-electron chi connectivity index (χ2n) is 7.46. The van der Waals surface area contributed by atoms with Crippen molar-refractivity contribution in [3.8, 4) is 11.3 Å². The molecule has 2 aromatic heterocycles. The van der Waals surface area contributed by atoms with Crippen molar-refractivity contribution in [2.24, 2.45) is 0 Å². The smallest absolute Gasteiger partial charge is 0.220 e. The third-order valence-electron chi connectivity index (χ3n) is 5.27. The molecule has 1 aliphatic rings. The third kappa shape index (κ3) is 4.92. The molecule has 1 aromatic carbocycles. The normalized spacial score (nSPS) is 18.6. The van der Waals surface area contributed by atoms with Gasteiger partial charge in [-0.05, 0) is 41.7 Å². The minimum atomic E-state index is -0.329. The van der Waals surface area contributed by atoms with Gasteiger partial charge in [0, 0.05) is 30.0 Å². The van der Waals surface area contributed by atoms with E-state index in [4.69, 9.17) is 4.52 Å². The van der Waals surface area contributed by atoms with E-state index in [1.807, 2.05) is 41.8 Å². The third-order valence-corrected chi connectivity index (χ3v) is 6.00. The van der Waals surface area contributed by atoms with Gasteiger partial charge >= 0.3 is 0 Å². The summed E-state index contributed by atoms with van der Waals surface area (Å²) in [5.74, 6) is 0.690. The number of aromatic nitrogens is 1. The van der Waals surface area contributed by atoms with Gasteiger partial charge in [0.2, 0.25) is 11.8 Å². The predicted molar refractivity (Wildman–Crippen MR) is 111 cm³/mol. The molecular weight excluding hydrogens is 386 g/mol. The summed E-state index contributed by atoms with van der Waals surface area (Å²) in [4.78, 5) is 24.2. The number of hydrogen-bond acceptors (Lipinski definition) is 5. The molecule has 7 heteroatoms. The summed E-state index contributed by atoms with van der Waals surface area (Å²) in [5.41, 5.74) is 2.50. The average molecular weight is 410 g/mol. The number of nitrogens with zero attached hydrogens (tertiary/aromatic N) is 1. The molecule has 0 spiro atoms. The van der Waals surface area contributed by atoms with Gasteiger partial charge in [0.1, 0.15) is 5.69 Å². The van der Waals surface area contributed by atoms with Crippen molar-refractivity contribution in [3.05, 3.63) is 64.5 Å². The summed E-state index contributed by atoms with van der Waals surface area (Å²) in [6, 6.07) is 13.6. The summed E-state index contributed by atoms with van der Waals surface area (Å²) in [5, 5.41) is 14.2. The van der Waals surface area contributed by atoms with Crippen molar-refractivity contribution in [1.82, 2.24) is 15.8 Å². The number of carbonyl (C=O) groups is 2. The minimum Gasteiger partial charge on any atom is -0.356 e. The summed E-state index contributed by atoms with van der Waals surface area (Å²) in [7, 11) is 0. The van der Waals surface area contributed by atoms with Crippen LogP contribution in [-0.4, -0.2) is 22.5 Å². The van der Waals surface area contributed by atoms with Gasteiger partial charge < -0.3 is 15.2 Å². The molecule has 1 unspecified atom stereocenters. The highest BCUT2D eigenvalue weighted by Crippen LogP contribution is 2.30. The van der Waals surface area contributed by atoms with E-state index >= 15 is 0 Å². The van der Waals surface area contributed by atoms with Gasteiger partial charge in [-0.25, -0.2) is 0 Å². The van der Waals surface area contributed by atoms with Gasteiger partial charge in [-0.2, -0.15) is 11.3 Å². The topological polar surface area (TPSA) is 84.2 Å². The van der Waals surface area contributed by atoms with Crippen LogP contribution < -0.4 is 10.6 Å². The molecule has 0 saturated carbocycles. The van der Waals surface area contributed by atoms with E-state index in [1.165, 1.54) is 5.56 Å². The first kappa shape index (κ1) is 19.4. The number of nitrogens with one attached hydrogen (secondary N) is 2. The SMILES string of the molecule is O=C(CCC1(Cc2ccsc2)CCC(=O)N1)NCc1cc(-c2ccccc2)on1. The first-order chi connectivity index (χ1) is 14.1. The van der Waals surface area contributed by atoms with Gasteiger partial charge in [-0.3, -0.25) is 9.59 Å². The first-order valence-electron chi connectivity index (χ1n) is 9.72. The minimum absolute atomic E-state index is 0.0555. The molecule has 0 bridgehead atoms. The highest BCUT2D eigenvalue weighted by atomic mass is 32.1. The molecule has 0 aliphatic carbocycles. The van der Waals surface area contributed by atoms with Crippen molar-refractivity contribution in [2.75, 3.05) is 0 Å². The summed E-state index contributed by atoms with van der Waals surface area (Å²) in [6.07, 6.45) is 3.02. The van der Waals surface area contributed by atoms with Crippen LogP contribution in [-0.2, 0) is 22.6 Å². The van der Waals surface area contributed by atoms with E-state index in [0.29, 0.717) is 37.3 Å². The van der Waals surface area contributed by atoms with Crippen LogP contribution in [0.15, 0.2) is 57.7 Å². The fourth-order valence-corrected chi connectivity index (χ4v) is 4.40. The quantitative estimate of drug-likeness (QED) is 0.594. The number of carbonyl (C=O) groups excluding carboxylic acids is 2. The van der Waals surface area contributed by atoms with Crippen LogP contribution in [0.5, 0.6) is 0 Å². The average Bonchev–Trinajstić information content (AvgIpc) is 3.48. The van der Waals surface area contributed by atoms with Gasteiger partial charge in [0.25, 0.3) is 0 Å². The van der Waals surface area contributed by atoms with Gasteiger partial charge in [-0.1, -0.05) is 35.5 Å².